The molecule has 1 amide bonds. The number of halogens is 1. The maximum absolute atomic E-state index is 11.7. The van der Waals surface area contributed by atoms with E-state index >= 15 is 0 Å². The van der Waals surface area contributed by atoms with Gasteiger partial charge in [-0.25, -0.2) is 0 Å². The molecule has 1 saturated heterocycles. The van der Waals surface area contributed by atoms with Crippen LogP contribution in [-0.4, -0.2) is 25.0 Å². The minimum atomic E-state index is 0. The molecule has 1 fully saturated rings. The average Bonchev–Trinajstić information content (AvgIpc) is 2.65. The minimum Gasteiger partial charge on any atom is -0.355 e. The number of hydrogen-bond acceptors (Lipinski definition) is 2. The van der Waals surface area contributed by atoms with Gasteiger partial charge < -0.3 is 10.6 Å². The number of amides is 1. The highest BCUT2D eigenvalue weighted by Crippen LogP contribution is 2.14. The van der Waals surface area contributed by atoms with E-state index in [1.807, 2.05) is 0 Å². The molecule has 0 radical (unpaired) electrons. The highest BCUT2D eigenvalue weighted by atomic mass is 35.5. The molecule has 102 valence electrons. The van der Waals surface area contributed by atoms with E-state index in [2.05, 4.69) is 31.4 Å². The summed E-state index contributed by atoms with van der Waals surface area (Å²) in [6.07, 6.45) is 4.24. The average molecular weight is 263 g/mol. The predicted molar refractivity (Wildman–Crippen MR) is 74.5 cm³/mol. The molecule has 1 heterocycles. The third kappa shape index (κ3) is 7.61. The molecule has 17 heavy (non-hydrogen) atoms. The summed E-state index contributed by atoms with van der Waals surface area (Å²) in [5.41, 5.74) is 0. The van der Waals surface area contributed by atoms with Crippen LogP contribution in [0.1, 0.15) is 46.5 Å². The molecule has 0 saturated carbocycles. The molecule has 0 aromatic heterocycles. The number of carbonyl (C=O) groups excluding carboxylic acids is 1. The molecular formula is C13H27ClN2O. The van der Waals surface area contributed by atoms with Gasteiger partial charge in [-0.15, -0.1) is 12.4 Å². The first-order chi connectivity index (χ1) is 7.58. The van der Waals surface area contributed by atoms with Crippen LogP contribution in [0.15, 0.2) is 0 Å². The maximum atomic E-state index is 11.7. The van der Waals surface area contributed by atoms with E-state index in [9.17, 15) is 4.79 Å². The zero-order valence-electron chi connectivity index (χ0n) is 11.3. The SMILES string of the molecule is CC(C)CC(C)CC(=O)NCC1CCCN1.Cl. The van der Waals surface area contributed by atoms with Gasteiger partial charge in [0.1, 0.15) is 0 Å². The van der Waals surface area contributed by atoms with Crippen molar-refractivity contribution in [2.24, 2.45) is 11.8 Å². The molecule has 0 aliphatic carbocycles. The van der Waals surface area contributed by atoms with Gasteiger partial charge in [-0.1, -0.05) is 20.8 Å². The molecule has 2 unspecified atom stereocenters. The monoisotopic (exact) mass is 262 g/mol. The Morgan fingerprint density at radius 3 is 2.65 bits per heavy atom. The van der Waals surface area contributed by atoms with Crippen molar-refractivity contribution in [1.29, 1.82) is 0 Å². The number of nitrogens with one attached hydrogen (secondary N) is 2. The molecule has 0 bridgehead atoms. The molecule has 2 N–H and O–H groups in total. The quantitative estimate of drug-likeness (QED) is 0.772. The van der Waals surface area contributed by atoms with Crippen molar-refractivity contribution < 1.29 is 4.79 Å². The molecule has 0 aromatic rings. The van der Waals surface area contributed by atoms with Crippen molar-refractivity contribution in [3.8, 4) is 0 Å². The van der Waals surface area contributed by atoms with Crippen molar-refractivity contribution in [3.63, 3.8) is 0 Å². The van der Waals surface area contributed by atoms with Crippen molar-refractivity contribution in [3.05, 3.63) is 0 Å². The van der Waals surface area contributed by atoms with Crippen LogP contribution in [0.2, 0.25) is 0 Å². The number of hydrogen-bond donors (Lipinski definition) is 2. The van der Waals surface area contributed by atoms with E-state index < -0.39 is 0 Å². The van der Waals surface area contributed by atoms with Crippen molar-refractivity contribution in [2.75, 3.05) is 13.1 Å². The topological polar surface area (TPSA) is 41.1 Å². The Hall–Kier alpha value is -0.280. The standard InChI is InChI=1S/C13H26N2O.ClH/c1-10(2)7-11(3)8-13(16)15-9-12-5-4-6-14-12;/h10-12,14H,4-9H2,1-3H3,(H,15,16);1H. The Kier molecular flexibility index (Phi) is 8.61. The first-order valence-electron chi connectivity index (χ1n) is 6.58. The van der Waals surface area contributed by atoms with E-state index in [1.54, 1.807) is 0 Å². The fourth-order valence-electron chi connectivity index (χ4n) is 2.44. The fourth-order valence-corrected chi connectivity index (χ4v) is 2.44. The lowest BCUT2D eigenvalue weighted by Gasteiger charge is -2.15. The molecule has 0 spiro atoms. The van der Waals surface area contributed by atoms with E-state index in [0.29, 0.717) is 24.3 Å². The molecule has 1 rings (SSSR count). The van der Waals surface area contributed by atoms with Gasteiger partial charge in [0.05, 0.1) is 0 Å². The van der Waals surface area contributed by atoms with Gasteiger partial charge >= 0.3 is 0 Å². The number of rotatable bonds is 6. The summed E-state index contributed by atoms with van der Waals surface area (Å²) in [6, 6.07) is 0.504. The minimum absolute atomic E-state index is 0. The summed E-state index contributed by atoms with van der Waals surface area (Å²) in [4.78, 5) is 11.7. The Bertz CT molecular complexity index is 215. The van der Waals surface area contributed by atoms with Crippen LogP contribution >= 0.6 is 12.4 Å². The second-order valence-electron chi connectivity index (χ2n) is 5.54. The zero-order valence-corrected chi connectivity index (χ0v) is 12.1. The van der Waals surface area contributed by atoms with E-state index in [0.717, 1.165) is 19.5 Å². The summed E-state index contributed by atoms with van der Waals surface area (Å²) in [6.45, 7) is 8.47. The third-order valence-corrected chi connectivity index (χ3v) is 3.12. The van der Waals surface area contributed by atoms with Crippen molar-refractivity contribution >= 4 is 18.3 Å². The first-order valence-corrected chi connectivity index (χ1v) is 6.58. The van der Waals surface area contributed by atoms with Crippen molar-refractivity contribution in [2.45, 2.75) is 52.5 Å². The van der Waals surface area contributed by atoms with Crippen LogP contribution in [0.25, 0.3) is 0 Å². The molecule has 1 aliphatic rings. The fraction of sp³-hybridized carbons (Fsp3) is 0.923. The van der Waals surface area contributed by atoms with Gasteiger partial charge in [0.2, 0.25) is 5.91 Å². The summed E-state index contributed by atoms with van der Waals surface area (Å²) < 4.78 is 0. The largest absolute Gasteiger partial charge is 0.355 e. The van der Waals surface area contributed by atoms with Crippen molar-refractivity contribution in [1.82, 2.24) is 10.6 Å². The molecule has 3 nitrogen and oxygen atoms in total. The van der Waals surface area contributed by atoms with Gasteiger partial charge in [0, 0.05) is 19.0 Å². The van der Waals surface area contributed by atoms with Crippen LogP contribution in [0.5, 0.6) is 0 Å². The molecule has 0 aromatic carbocycles. The Labute approximate surface area is 112 Å². The summed E-state index contributed by atoms with van der Waals surface area (Å²) in [7, 11) is 0. The van der Waals surface area contributed by atoms with Gasteiger partial charge in [-0.3, -0.25) is 4.79 Å². The second-order valence-corrected chi connectivity index (χ2v) is 5.54. The molecule has 2 atom stereocenters. The van der Waals surface area contributed by atoms with Gasteiger partial charge in [0.15, 0.2) is 0 Å². The van der Waals surface area contributed by atoms with Crippen LogP contribution in [-0.2, 0) is 4.79 Å². The molecular weight excluding hydrogens is 236 g/mol. The number of carbonyl (C=O) groups is 1. The lowest BCUT2D eigenvalue weighted by Crippen LogP contribution is -2.37. The van der Waals surface area contributed by atoms with E-state index in [4.69, 9.17) is 0 Å². The molecule has 4 heteroatoms. The first kappa shape index (κ1) is 16.7. The van der Waals surface area contributed by atoms with Crippen LogP contribution < -0.4 is 10.6 Å². The van der Waals surface area contributed by atoms with Crippen LogP contribution in [0, 0.1) is 11.8 Å². The van der Waals surface area contributed by atoms with Crippen LogP contribution in [0.4, 0.5) is 0 Å². The zero-order chi connectivity index (χ0) is 12.0. The Morgan fingerprint density at radius 2 is 2.12 bits per heavy atom. The summed E-state index contributed by atoms with van der Waals surface area (Å²) in [5.74, 6) is 1.39. The van der Waals surface area contributed by atoms with E-state index in [-0.39, 0.29) is 18.3 Å². The smallest absolute Gasteiger partial charge is 0.220 e. The second kappa shape index (κ2) is 8.76. The summed E-state index contributed by atoms with van der Waals surface area (Å²) in [5, 5.41) is 6.41. The highest BCUT2D eigenvalue weighted by Gasteiger charge is 2.15. The lowest BCUT2D eigenvalue weighted by molar-refractivity contribution is -0.122. The van der Waals surface area contributed by atoms with Gasteiger partial charge in [0.25, 0.3) is 0 Å². The van der Waals surface area contributed by atoms with E-state index in [1.165, 1.54) is 12.8 Å². The summed E-state index contributed by atoms with van der Waals surface area (Å²) >= 11 is 0. The lowest BCUT2D eigenvalue weighted by atomic mass is 9.96. The third-order valence-electron chi connectivity index (χ3n) is 3.12. The maximum Gasteiger partial charge on any atom is 0.220 e. The molecule has 1 aliphatic heterocycles. The normalized spacial score (nSPS) is 21.1. The Balaban J connectivity index is 0.00000256. The predicted octanol–water partition coefficient (Wildman–Crippen LogP) is 2.35. The highest BCUT2D eigenvalue weighted by molar-refractivity contribution is 5.85. The Morgan fingerprint density at radius 1 is 1.41 bits per heavy atom. The van der Waals surface area contributed by atoms with Gasteiger partial charge in [-0.05, 0) is 37.6 Å². The van der Waals surface area contributed by atoms with Crippen LogP contribution in [0.3, 0.4) is 0 Å². The van der Waals surface area contributed by atoms with Gasteiger partial charge in [-0.2, -0.15) is 0 Å².